The Kier molecular flexibility index (Phi) is 2.55. The molecule has 2 N–H and O–H groups in total. The molecule has 0 spiro atoms. The van der Waals surface area contributed by atoms with Crippen LogP contribution in [-0.4, -0.2) is 57.1 Å². The second-order valence-electron chi connectivity index (χ2n) is 4.60. The van der Waals surface area contributed by atoms with Crippen molar-refractivity contribution in [1.29, 1.82) is 0 Å². The largest absolute Gasteiger partial charge is 0.477 e. The number of hydrogen-bond acceptors (Lipinski definition) is 4. The highest BCUT2D eigenvalue weighted by Crippen LogP contribution is 2.27. The summed E-state index contributed by atoms with van der Waals surface area (Å²) >= 11 is 0. The van der Waals surface area contributed by atoms with Crippen LogP contribution in [0.4, 0.5) is 0 Å². The third-order valence-corrected chi connectivity index (χ3v) is 3.39. The van der Waals surface area contributed by atoms with Crippen LogP contribution in [0.3, 0.4) is 0 Å². The molecule has 0 aliphatic carbocycles. The molecular formula is C11H13N3O4. The number of ether oxygens (including phenoxy) is 1. The Hall–Kier alpha value is -1.89. The minimum atomic E-state index is -1.17. The number of aromatic carboxylic acids is 1. The Morgan fingerprint density at radius 3 is 2.67 bits per heavy atom. The quantitative estimate of drug-likeness (QED) is 0.777. The van der Waals surface area contributed by atoms with E-state index in [0.29, 0.717) is 13.1 Å². The number of nitrogens with zero attached hydrogens (tertiary/aromatic N) is 2. The molecule has 7 heteroatoms. The molecule has 2 unspecified atom stereocenters. The SMILES string of the molecule is O=C(O)c1[nH]cnc1C(=O)N1CC2CCC(C1)O2. The fraction of sp³-hybridized carbons (Fsp3) is 0.545. The van der Waals surface area contributed by atoms with Crippen molar-refractivity contribution >= 4 is 11.9 Å². The van der Waals surface area contributed by atoms with Crippen molar-refractivity contribution in [2.75, 3.05) is 13.1 Å². The van der Waals surface area contributed by atoms with E-state index in [-0.39, 0.29) is 29.5 Å². The third-order valence-electron chi connectivity index (χ3n) is 3.39. The molecule has 1 amide bonds. The molecule has 2 aliphatic rings. The predicted molar refractivity (Wildman–Crippen MR) is 59.3 cm³/mol. The number of nitrogens with one attached hydrogen (secondary N) is 1. The molecule has 2 bridgehead atoms. The zero-order chi connectivity index (χ0) is 12.7. The molecule has 1 aromatic heterocycles. The Bertz CT molecular complexity index is 486. The molecule has 2 aliphatic heterocycles. The predicted octanol–water partition coefficient (Wildman–Crippen LogP) is 0.111. The van der Waals surface area contributed by atoms with Crippen LogP contribution in [-0.2, 0) is 4.74 Å². The maximum atomic E-state index is 12.2. The fourth-order valence-electron chi connectivity index (χ4n) is 2.55. The molecule has 3 rings (SSSR count). The zero-order valence-electron chi connectivity index (χ0n) is 9.63. The topological polar surface area (TPSA) is 95.5 Å². The maximum absolute atomic E-state index is 12.2. The van der Waals surface area contributed by atoms with Crippen molar-refractivity contribution in [3.8, 4) is 0 Å². The average molecular weight is 251 g/mol. The smallest absolute Gasteiger partial charge is 0.354 e. The lowest BCUT2D eigenvalue weighted by atomic mass is 10.2. The summed E-state index contributed by atoms with van der Waals surface area (Å²) in [5, 5.41) is 8.95. The summed E-state index contributed by atoms with van der Waals surface area (Å²) in [7, 11) is 0. The van der Waals surface area contributed by atoms with Crippen LogP contribution in [0, 0.1) is 0 Å². The van der Waals surface area contributed by atoms with E-state index in [1.807, 2.05) is 0 Å². The second kappa shape index (κ2) is 4.09. The lowest BCUT2D eigenvalue weighted by Gasteiger charge is -2.31. The molecule has 1 aromatic rings. The Morgan fingerprint density at radius 2 is 2.06 bits per heavy atom. The molecule has 3 heterocycles. The molecule has 18 heavy (non-hydrogen) atoms. The molecule has 2 atom stereocenters. The highest BCUT2D eigenvalue weighted by Gasteiger charge is 2.37. The van der Waals surface area contributed by atoms with E-state index in [4.69, 9.17) is 9.84 Å². The number of amides is 1. The summed E-state index contributed by atoms with van der Waals surface area (Å²) < 4.78 is 5.63. The van der Waals surface area contributed by atoms with E-state index < -0.39 is 5.97 Å². The first-order valence-electron chi connectivity index (χ1n) is 5.86. The number of carbonyl (C=O) groups is 2. The Morgan fingerprint density at radius 1 is 1.39 bits per heavy atom. The van der Waals surface area contributed by atoms with Gasteiger partial charge in [-0.05, 0) is 12.8 Å². The van der Waals surface area contributed by atoms with Gasteiger partial charge in [-0.3, -0.25) is 4.79 Å². The summed E-state index contributed by atoms with van der Waals surface area (Å²) in [6, 6.07) is 0. The third kappa shape index (κ3) is 1.76. The molecule has 0 aromatic carbocycles. The van der Waals surface area contributed by atoms with E-state index in [1.54, 1.807) is 4.90 Å². The summed E-state index contributed by atoms with van der Waals surface area (Å²) in [6.07, 6.45) is 3.31. The number of aromatic amines is 1. The van der Waals surface area contributed by atoms with Gasteiger partial charge in [-0.2, -0.15) is 0 Å². The number of carboxylic acids is 1. The number of imidazole rings is 1. The summed E-state index contributed by atoms with van der Waals surface area (Å²) in [5.41, 5.74) is -0.178. The molecule has 0 radical (unpaired) electrons. The first kappa shape index (κ1) is 11.2. The first-order valence-corrected chi connectivity index (χ1v) is 5.86. The first-order chi connectivity index (χ1) is 8.65. The van der Waals surface area contributed by atoms with Gasteiger partial charge in [0.05, 0.1) is 18.5 Å². The standard InChI is InChI=1S/C11H13N3O4/c15-10(8-9(11(16)17)13-5-12-8)14-3-6-1-2-7(4-14)18-6/h5-7H,1-4H2,(H,12,13)(H,16,17). The van der Waals surface area contributed by atoms with Gasteiger partial charge in [0, 0.05) is 13.1 Å². The number of carboxylic acid groups (broad SMARTS) is 1. The number of carbonyl (C=O) groups excluding carboxylic acids is 1. The van der Waals surface area contributed by atoms with Gasteiger partial charge < -0.3 is 19.7 Å². The van der Waals surface area contributed by atoms with Crippen LogP contribution in [0.25, 0.3) is 0 Å². The molecule has 2 saturated heterocycles. The van der Waals surface area contributed by atoms with Crippen molar-refractivity contribution in [3.63, 3.8) is 0 Å². The van der Waals surface area contributed by atoms with Gasteiger partial charge in [0.2, 0.25) is 0 Å². The van der Waals surface area contributed by atoms with Crippen LogP contribution in [0.1, 0.15) is 33.8 Å². The number of hydrogen-bond donors (Lipinski definition) is 2. The highest BCUT2D eigenvalue weighted by atomic mass is 16.5. The molecular weight excluding hydrogens is 238 g/mol. The summed E-state index contributed by atoms with van der Waals surface area (Å²) in [4.78, 5) is 31.1. The number of likely N-dealkylation sites (tertiary alicyclic amines) is 1. The van der Waals surface area contributed by atoms with Crippen molar-refractivity contribution in [2.45, 2.75) is 25.0 Å². The van der Waals surface area contributed by atoms with E-state index in [0.717, 1.165) is 12.8 Å². The minimum Gasteiger partial charge on any atom is -0.477 e. The number of morpholine rings is 1. The van der Waals surface area contributed by atoms with Crippen molar-refractivity contribution < 1.29 is 19.4 Å². The normalized spacial score (nSPS) is 26.3. The van der Waals surface area contributed by atoms with Crippen LogP contribution < -0.4 is 0 Å². The van der Waals surface area contributed by atoms with Crippen LogP contribution in [0.2, 0.25) is 0 Å². The monoisotopic (exact) mass is 251 g/mol. The lowest BCUT2D eigenvalue weighted by molar-refractivity contribution is -0.0305. The molecule has 0 saturated carbocycles. The van der Waals surface area contributed by atoms with Crippen LogP contribution in [0.15, 0.2) is 6.33 Å². The van der Waals surface area contributed by atoms with Gasteiger partial charge in [-0.1, -0.05) is 0 Å². The van der Waals surface area contributed by atoms with Gasteiger partial charge in [0.15, 0.2) is 11.4 Å². The molecule has 7 nitrogen and oxygen atoms in total. The van der Waals surface area contributed by atoms with E-state index in [9.17, 15) is 9.59 Å². The van der Waals surface area contributed by atoms with Gasteiger partial charge in [-0.25, -0.2) is 9.78 Å². The maximum Gasteiger partial charge on any atom is 0.354 e. The van der Waals surface area contributed by atoms with E-state index >= 15 is 0 Å². The van der Waals surface area contributed by atoms with Crippen molar-refractivity contribution in [3.05, 3.63) is 17.7 Å². The Labute approximate surface area is 103 Å². The summed E-state index contributed by atoms with van der Waals surface area (Å²) in [5.74, 6) is -1.51. The molecule has 96 valence electrons. The van der Waals surface area contributed by atoms with Crippen molar-refractivity contribution in [2.24, 2.45) is 0 Å². The number of rotatable bonds is 2. The number of H-pyrrole nitrogens is 1. The van der Waals surface area contributed by atoms with Gasteiger partial charge in [0.25, 0.3) is 5.91 Å². The summed E-state index contributed by atoms with van der Waals surface area (Å²) in [6.45, 7) is 1.03. The van der Waals surface area contributed by atoms with Crippen LogP contribution in [0.5, 0.6) is 0 Å². The Balaban J connectivity index is 1.82. The minimum absolute atomic E-state index is 0.0243. The highest BCUT2D eigenvalue weighted by molar-refractivity contribution is 6.02. The number of aromatic nitrogens is 2. The zero-order valence-corrected chi connectivity index (χ0v) is 9.63. The number of fused-ring (bicyclic) bond motifs is 2. The fourth-order valence-corrected chi connectivity index (χ4v) is 2.55. The van der Waals surface area contributed by atoms with Crippen LogP contribution >= 0.6 is 0 Å². The van der Waals surface area contributed by atoms with E-state index in [1.165, 1.54) is 6.33 Å². The second-order valence-corrected chi connectivity index (χ2v) is 4.60. The van der Waals surface area contributed by atoms with Gasteiger partial charge in [-0.15, -0.1) is 0 Å². The molecule has 2 fully saturated rings. The average Bonchev–Trinajstić information content (AvgIpc) is 2.95. The van der Waals surface area contributed by atoms with E-state index in [2.05, 4.69) is 9.97 Å². The van der Waals surface area contributed by atoms with Crippen molar-refractivity contribution in [1.82, 2.24) is 14.9 Å². The van der Waals surface area contributed by atoms with Gasteiger partial charge in [0.1, 0.15) is 0 Å². The lowest BCUT2D eigenvalue weighted by Crippen LogP contribution is -2.46. The van der Waals surface area contributed by atoms with Gasteiger partial charge >= 0.3 is 5.97 Å².